The molecule has 1 saturated heterocycles. The van der Waals surface area contributed by atoms with Crippen molar-refractivity contribution < 1.29 is 4.79 Å². The van der Waals surface area contributed by atoms with Gasteiger partial charge >= 0.3 is 0 Å². The van der Waals surface area contributed by atoms with Crippen LogP contribution >= 0.6 is 0 Å². The summed E-state index contributed by atoms with van der Waals surface area (Å²) in [7, 11) is 0. The first-order chi connectivity index (χ1) is 13.7. The van der Waals surface area contributed by atoms with Crippen molar-refractivity contribution in [1.29, 1.82) is 0 Å². The second kappa shape index (κ2) is 7.00. The number of hydrogen-bond donors (Lipinski definition) is 0. The molecule has 5 rings (SSSR count). The van der Waals surface area contributed by atoms with Gasteiger partial charge < -0.3 is 4.90 Å². The summed E-state index contributed by atoms with van der Waals surface area (Å²) >= 11 is 0. The SMILES string of the molecule is Cc1ccc2nc3c(c(C(=O)N4CCC(n5cncn5)CC4)c2c1)CCCC3. The van der Waals surface area contributed by atoms with Crippen LogP contribution in [-0.2, 0) is 12.8 Å². The second-order valence-corrected chi connectivity index (χ2v) is 8.04. The van der Waals surface area contributed by atoms with Gasteiger partial charge in [0.2, 0.25) is 0 Å². The number of aryl methyl sites for hydroxylation is 2. The van der Waals surface area contributed by atoms with E-state index < -0.39 is 0 Å². The van der Waals surface area contributed by atoms with Gasteiger partial charge in [0.1, 0.15) is 12.7 Å². The number of rotatable bonds is 2. The molecule has 3 aromatic rings. The van der Waals surface area contributed by atoms with Crippen molar-refractivity contribution in [2.45, 2.75) is 51.5 Å². The van der Waals surface area contributed by atoms with Gasteiger partial charge in [0, 0.05) is 24.2 Å². The predicted octanol–water partition coefficient (Wildman–Crippen LogP) is 3.49. The zero-order valence-electron chi connectivity index (χ0n) is 16.3. The highest BCUT2D eigenvalue weighted by atomic mass is 16.2. The van der Waals surface area contributed by atoms with Gasteiger partial charge in [0.05, 0.1) is 17.1 Å². The molecule has 144 valence electrons. The number of fused-ring (bicyclic) bond motifs is 2. The van der Waals surface area contributed by atoms with Gasteiger partial charge in [-0.3, -0.25) is 9.78 Å². The maximum atomic E-state index is 13.7. The van der Waals surface area contributed by atoms with Crippen LogP contribution in [-0.4, -0.2) is 43.6 Å². The summed E-state index contributed by atoms with van der Waals surface area (Å²) in [5.41, 5.74) is 5.34. The van der Waals surface area contributed by atoms with E-state index in [2.05, 4.69) is 35.2 Å². The van der Waals surface area contributed by atoms with Gasteiger partial charge in [0.15, 0.2) is 0 Å². The van der Waals surface area contributed by atoms with Crippen molar-refractivity contribution >= 4 is 16.8 Å². The summed E-state index contributed by atoms with van der Waals surface area (Å²) < 4.78 is 1.93. The van der Waals surface area contributed by atoms with E-state index in [0.717, 1.165) is 73.8 Å². The zero-order chi connectivity index (χ0) is 19.1. The first-order valence-corrected chi connectivity index (χ1v) is 10.3. The Kier molecular flexibility index (Phi) is 4.34. The highest BCUT2D eigenvalue weighted by Gasteiger charge is 2.29. The van der Waals surface area contributed by atoms with Crippen molar-refractivity contribution in [3.8, 4) is 0 Å². The van der Waals surface area contributed by atoms with E-state index in [9.17, 15) is 4.79 Å². The van der Waals surface area contributed by atoms with Gasteiger partial charge in [-0.05, 0) is 63.1 Å². The maximum absolute atomic E-state index is 13.7. The fourth-order valence-electron chi connectivity index (χ4n) is 4.68. The van der Waals surface area contributed by atoms with Crippen molar-refractivity contribution in [1.82, 2.24) is 24.6 Å². The molecule has 1 aromatic carbocycles. The molecule has 0 bridgehead atoms. The zero-order valence-corrected chi connectivity index (χ0v) is 16.3. The molecule has 0 atom stereocenters. The Balaban J connectivity index is 1.50. The van der Waals surface area contributed by atoms with E-state index in [0.29, 0.717) is 6.04 Å². The van der Waals surface area contributed by atoms with Crippen LogP contribution < -0.4 is 0 Å². The van der Waals surface area contributed by atoms with Crippen molar-refractivity contribution in [2.75, 3.05) is 13.1 Å². The number of nitrogens with zero attached hydrogens (tertiary/aromatic N) is 5. The van der Waals surface area contributed by atoms with Gasteiger partial charge in [-0.2, -0.15) is 5.10 Å². The average molecular weight is 375 g/mol. The van der Waals surface area contributed by atoms with Gasteiger partial charge in [-0.25, -0.2) is 9.67 Å². The minimum Gasteiger partial charge on any atom is -0.338 e. The molecular formula is C22H25N5O. The molecule has 0 N–H and O–H groups in total. The van der Waals surface area contributed by atoms with Gasteiger partial charge in [-0.15, -0.1) is 0 Å². The molecule has 3 heterocycles. The Hall–Kier alpha value is -2.76. The lowest BCUT2D eigenvalue weighted by molar-refractivity contribution is 0.0690. The third-order valence-corrected chi connectivity index (χ3v) is 6.19. The van der Waals surface area contributed by atoms with Crippen LogP contribution in [0.2, 0.25) is 0 Å². The monoisotopic (exact) mass is 375 g/mol. The molecule has 6 heteroatoms. The number of carbonyl (C=O) groups excluding carboxylic acids is 1. The number of pyridine rings is 1. The van der Waals surface area contributed by atoms with Crippen LogP contribution in [0.5, 0.6) is 0 Å². The summed E-state index contributed by atoms with van der Waals surface area (Å²) in [5.74, 6) is 0.174. The van der Waals surface area contributed by atoms with Crippen LogP contribution in [0, 0.1) is 6.92 Å². The lowest BCUT2D eigenvalue weighted by Gasteiger charge is -2.33. The minimum atomic E-state index is 0.174. The average Bonchev–Trinajstić information content (AvgIpc) is 3.27. The third kappa shape index (κ3) is 2.97. The van der Waals surface area contributed by atoms with Crippen LogP contribution in [0.25, 0.3) is 10.9 Å². The molecule has 1 amide bonds. The highest BCUT2D eigenvalue weighted by Crippen LogP contribution is 2.32. The smallest absolute Gasteiger partial charge is 0.254 e. The minimum absolute atomic E-state index is 0.174. The summed E-state index contributed by atoms with van der Waals surface area (Å²) in [5, 5.41) is 5.29. The van der Waals surface area contributed by atoms with Gasteiger partial charge in [-0.1, -0.05) is 11.6 Å². The number of benzene rings is 1. The fourth-order valence-corrected chi connectivity index (χ4v) is 4.68. The Labute approximate surface area is 164 Å². The largest absolute Gasteiger partial charge is 0.338 e. The Morgan fingerprint density at radius 3 is 2.75 bits per heavy atom. The van der Waals surface area contributed by atoms with Crippen molar-refractivity contribution in [2.24, 2.45) is 0 Å². The molecule has 28 heavy (non-hydrogen) atoms. The lowest BCUT2D eigenvalue weighted by atomic mass is 9.88. The number of carbonyl (C=O) groups is 1. The number of likely N-dealkylation sites (tertiary alicyclic amines) is 1. The number of piperidine rings is 1. The first kappa shape index (κ1) is 17.3. The van der Waals surface area contributed by atoms with E-state index in [1.165, 1.54) is 11.1 Å². The summed E-state index contributed by atoms with van der Waals surface area (Å²) in [6.07, 6.45) is 9.43. The number of hydrogen-bond acceptors (Lipinski definition) is 4. The van der Waals surface area contributed by atoms with E-state index in [1.807, 2.05) is 9.58 Å². The number of aromatic nitrogens is 4. The number of amides is 1. The van der Waals surface area contributed by atoms with E-state index >= 15 is 0 Å². The summed E-state index contributed by atoms with van der Waals surface area (Å²) in [4.78, 5) is 24.6. The van der Waals surface area contributed by atoms with Crippen LogP contribution in [0.15, 0.2) is 30.9 Å². The normalized spacial score (nSPS) is 17.7. The molecule has 1 fully saturated rings. The molecule has 0 saturated carbocycles. The molecule has 2 aromatic heterocycles. The molecule has 0 radical (unpaired) electrons. The molecule has 0 unspecified atom stereocenters. The molecule has 6 nitrogen and oxygen atoms in total. The Morgan fingerprint density at radius 1 is 1.14 bits per heavy atom. The quantitative estimate of drug-likeness (QED) is 0.688. The molecule has 1 aliphatic carbocycles. The van der Waals surface area contributed by atoms with Crippen molar-refractivity contribution in [3.63, 3.8) is 0 Å². The maximum Gasteiger partial charge on any atom is 0.254 e. The predicted molar refractivity (Wildman–Crippen MR) is 107 cm³/mol. The van der Waals surface area contributed by atoms with Gasteiger partial charge in [0.25, 0.3) is 5.91 Å². The molecule has 0 spiro atoms. The topological polar surface area (TPSA) is 63.9 Å². The molecule has 1 aliphatic heterocycles. The highest BCUT2D eigenvalue weighted by molar-refractivity contribution is 6.08. The van der Waals surface area contributed by atoms with Crippen LogP contribution in [0.1, 0.15) is 58.9 Å². The summed E-state index contributed by atoms with van der Waals surface area (Å²) in [6.45, 7) is 3.60. The molecular weight excluding hydrogens is 350 g/mol. The van der Waals surface area contributed by atoms with E-state index in [4.69, 9.17) is 4.98 Å². The fraction of sp³-hybridized carbons (Fsp3) is 0.455. The van der Waals surface area contributed by atoms with E-state index in [1.54, 1.807) is 12.7 Å². The third-order valence-electron chi connectivity index (χ3n) is 6.19. The standard InChI is InChI=1S/C22H25N5O/c1-15-6-7-20-18(12-15)21(17-4-2-3-5-19(17)25-20)22(28)26-10-8-16(9-11-26)27-14-23-13-24-27/h6-7,12-14,16H,2-5,8-11H2,1H3. The Morgan fingerprint density at radius 2 is 1.96 bits per heavy atom. The second-order valence-electron chi connectivity index (χ2n) is 8.04. The molecule has 2 aliphatic rings. The van der Waals surface area contributed by atoms with E-state index in [-0.39, 0.29) is 5.91 Å². The Bertz CT molecular complexity index is 1020. The van der Waals surface area contributed by atoms with Crippen LogP contribution in [0.3, 0.4) is 0 Å². The lowest BCUT2D eigenvalue weighted by Crippen LogP contribution is -2.40. The first-order valence-electron chi connectivity index (χ1n) is 10.3. The summed E-state index contributed by atoms with van der Waals surface area (Å²) in [6, 6.07) is 6.61. The van der Waals surface area contributed by atoms with Crippen LogP contribution in [0.4, 0.5) is 0 Å². The van der Waals surface area contributed by atoms with Crippen molar-refractivity contribution in [3.05, 3.63) is 53.2 Å².